The molecule has 1 aliphatic rings. The zero-order valence-electron chi connectivity index (χ0n) is 13.8. The maximum Gasteiger partial charge on any atom is 0.261 e. The first-order valence-electron chi connectivity index (χ1n) is 8.09. The van der Waals surface area contributed by atoms with E-state index in [1.807, 2.05) is 41.9 Å². The Bertz CT molecular complexity index is 825. The Morgan fingerprint density at radius 2 is 2.08 bits per heavy atom. The molecule has 2 aromatic heterocycles. The number of nitrogens with zero attached hydrogens (tertiary/aromatic N) is 5. The Hall–Kier alpha value is -2.51. The van der Waals surface area contributed by atoms with Gasteiger partial charge in [0, 0.05) is 19.6 Å². The second-order valence-corrected chi connectivity index (χ2v) is 6.05. The highest BCUT2D eigenvalue weighted by Crippen LogP contribution is 2.26. The minimum atomic E-state index is 0.140. The maximum atomic E-state index is 5.51. The van der Waals surface area contributed by atoms with E-state index >= 15 is 0 Å². The predicted octanol–water partition coefficient (Wildman–Crippen LogP) is 1.81. The average Bonchev–Trinajstić information content (AvgIpc) is 3.23. The molecule has 0 spiro atoms. The first-order chi connectivity index (χ1) is 11.7. The molecule has 4 rings (SSSR count). The van der Waals surface area contributed by atoms with Crippen molar-refractivity contribution in [3.8, 4) is 17.1 Å². The zero-order valence-corrected chi connectivity index (χ0v) is 13.8. The third-order valence-electron chi connectivity index (χ3n) is 4.49. The van der Waals surface area contributed by atoms with Gasteiger partial charge in [-0.15, -0.1) is 0 Å². The lowest BCUT2D eigenvalue weighted by molar-refractivity contribution is 0.190. The first-order valence-corrected chi connectivity index (χ1v) is 8.09. The Balaban J connectivity index is 1.65. The minimum Gasteiger partial charge on any atom is -0.334 e. The van der Waals surface area contributed by atoms with Crippen molar-refractivity contribution < 1.29 is 4.52 Å². The van der Waals surface area contributed by atoms with Gasteiger partial charge in [-0.2, -0.15) is 10.1 Å². The van der Waals surface area contributed by atoms with E-state index in [-0.39, 0.29) is 6.04 Å². The third-order valence-corrected chi connectivity index (χ3v) is 4.49. The van der Waals surface area contributed by atoms with Crippen molar-refractivity contribution >= 4 is 0 Å². The van der Waals surface area contributed by atoms with E-state index in [1.54, 1.807) is 6.20 Å². The third kappa shape index (κ3) is 2.61. The number of piperazine rings is 1. The molecule has 0 saturated carbocycles. The number of hydrogen-bond donors (Lipinski definition) is 1. The molecule has 3 heterocycles. The number of para-hydroxylation sites is 1. The molecule has 7 heteroatoms. The summed E-state index contributed by atoms with van der Waals surface area (Å²) in [7, 11) is 2.08. The standard InChI is InChI=1S/C17H20N6O/c1-12-14(10-19-23(12)13-6-4-3-5-7-13)17-20-16(21-24-17)15-11-18-8-9-22(15)2/h3-7,10,15,18H,8-9,11H2,1-2H3. The van der Waals surface area contributed by atoms with Crippen LogP contribution in [0.1, 0.15) is 17.6 Å². The smallest absolute Gasteiger partial charge is 0.261 e. The number of likely N-dealkylation sites (N-methyl/N-ethyl adjacent to an activating group) is 1. The molecule has 1 atom stereocenters. The Kier molecular flexibility index (Phi) is 3.87. The van der Waals surface area contributed by atoms with Gasteiger partial charge in [0.05, 0.1) is 29.2 Å². The fourth-order valence-electron chi connectivity index (χ4n) is 3.02. The van der Waals surface area contributed by atoms with E-state index in [0.29, 0.717) is 11.7 Å². The van der Waals surface area contributed by atoms with Crippen molar-refractivity contribution in [3.05, 3.63) is 48.0 Å². The number of benzene rings is 1. The summed E-state index contributed by atoms with van der Waals surface area (Å²) in [6.45, 7) is 4.80. The second-order valence-electron chi connectivity index (χ2n) is 6.05. The monoisotopic (exact) mass is 324 g/mol. The van der Waals surface area contributed by atoms with Crippen molar-refractivity contribution in [1.29, 1.82) is 0 Å². The molecule has 1 aliphatic heterocycles. The summed E-state index contributed by atoms with van der Waals surface area (Å²) in [5, 5.41) is 12.0. The van der Waals surface area contributed by atoms with Crippen molar-refractivity contribution in [2.45, 2.75) is 13.0 Å². The molecule has 0 aliphatic carbocycles. The van der Waals surface area contributed by atoms with E-state index in [9.17, 15) is 0 Å². The van der Waals surface area contributed by atoms with Crippen LogP contribution in [0.2, 0.25) is 0 Å². The average molecular weight is 324 g/mol. The van der Waals surface area contributed by atoms with E-state index < -0.39 is 0 Å². The van der Waals surface area contributed by atoms with Crippen LogP contribution in [0.3, 0.4) is 0 Å². The van der Waals surface area contributed by atoms with Crippen LogP contribution in [0.4, 0.5) is 0 Å². The molecular weight excluding hydrogens is 304 g/mol. The van der Waals surface area contributed by atoms with Crippen LogP contribution in [0.15, 0.2) is 41.1 Å². The summed E-state index contributed by atoms with van der Waals surface area (Å²) >= 11 is 0. The van der Waals surface area contributed by atoms with Crippen molar-refractivity contribution in [3.63, 3.8) is 0 Å². The number of aromatic nitrogens is 4. The van der Waals surface area contributed by atoms with Gasteiger partial charge >= 0.3 is 0 Å². The van der Waals surface area contributed by atoms with Gasteiger partial charge in [0.15, 0.2) is 5.82 Å². The second kappa shape index (κ2) is 6.18. The van der Waals surface area contributed by atoms with Crippen molar-refractivity contribution in [2.24, 2.45) is 0 Å². The van der Waals surface area contributed by atoms with Crippen LogP contribution in [0.5, 0.6) is 0 Å². The molecule has 24 heavy (non-hydrogen) atoms. The highest BCUT2D eigenvalue weighted by Gasteiger charge is 2.26. The Morgan fingerprint density at radius 3 is 2.88 bits per heavy atom. The lowest BCUT2D eigenvalue weighted by Gasteiger charge is -2.30. The molecule has 1 N–H and O–H groups in total. The number of rotatable bonds is 3. The lowest BCUT2D eigenvalue weighted by atomic mass is 10.2. The SMILES string of the molecule is Cc1c(-c2nc(C3CNCCN3C)no2)cnn1-c1ccccc1. The summed E-state index contributed by atoms with van der Waals surface area (Å²) in [4.78, 5) is 6.85. The maximum absolute atomic E-state index is 5.51. The van der Waals surface area contributed by atoms with E-state index in [0.717, 1.165) is 36.6 Å². The summed E-state index contributed by atoms with van der Waals surface area (Å²) < 4.78 is 7.40. The van der Waals surface area contributed by atoms with Gasteiger partial charge in [-0.1, -0.05) is 23.4 Å². The molecule has 0 amide bonds. The minimum absolute atomic E-state index is 0.140. The van der Waals surface area contributed by atoms with Crippen LogP contribution in [-0.4, -0.2) is 51.5 Å². The quantitative estimate of drug-likeness (QED) is 0.792. The molecule has 3 aromatic rings. The molecule has 1 saturated heterocycles. The number of hydrogen-bond acceptors (Lipinski definition) is 6. The molecule has 0 bridgehead atoms. The van der Waals surface area contributed by atoms with Gasteiger partial charge in [-0.05, 0) is 26.1 Å². The highest BCUT2D eigenvalue weighted by atomic mass is 16.5. The highest BCUT2D eigenvalue weighted by molar-refractivity contribution is 5.56. The molecular formula is C17H20N6O. The van der Waals surface area contributed by atoms with Gasteiger partial charge in [0.1, 0.15) is 0 Å². The van der Waals surface area contributed by atoms with Crippen LogP contribution in [-0.2, 0) is 0 Å². The fraction of sp³-hybridized carbons (Fsp3) is 0.353. The lowest BCUT2D eigenvalue weighted by Crippen LogP contribution is -2.44. The van der Waals surface area contributed by atoms with E-state index in [1.165, 1.54) is 0 Å². The van der Waals surface area contributed by atoms with Crippen molar-refractivity contribution in [2.75, 3.05) is 26.7 Å². The number of nitrogens with one attached hydrogen (secondary N) is 1. The largest absolute Gasteiger partial charge is 0.334 e. The van der Waals surface area contributed by atoms with Gasteiger partial charge in [-0.25, -0.2) is 4.68 Å². The molecule has 0 radical (unpaired) electrons. The summed E-state index contributed by atoms with van der Waals surface area (Å²) in [5.74, 6) is 1.23. The summed E-state index contributed by atoms with van der Waals surface area (Å²) in [6.07, 6.45) is 1.78. The van der Waals surface area contributed by atoms with Crippen LogP contribution >= 0.6 is 0 Å². The molecule has 7 nitrogen and oxygen atoms in total. The molecule has 1 unspecified atom stereocenters. The van der Waals surface area contributed by atoms with Crippen LogP contribution < -0.4 is 5.32 Å². The van der Waals surface area contributed by atoms with E-state index in [4.69, 9.17) is 4.52 Å². The Labute approximate surface area is 140 Å². The van der Waals surface area contributed by atoms with Gasteiger partial charge in [0.25, 0.3) is 5.89 Å². The predicted molar refractivity (Wildman–Crippen MR) is 89.8 cm³/mol. The molecule has 1 fully saturated rings. The molecule has 1 aromatic carbocycles. The summed E-state index contributed by atoms with van der Waals surface area (Å²) in [5.41, 5.74) is 2.85. The van der Waals surface area contributed by atoms with Crippen molar-refractivity contribution in [1.82, 2.24) is 30.1 Å². The summed E-state index contributed by atoms with van der Waals surface area (Å²) in [6, 6.07) is 10.2. The zero-order chi connectivity index (χ0) is 16.5. The molecule has 124 valence electrons. The van der Waals surface area contributed by atoms with Crippen LogP contribution in [0.25, 0.3) is 17.1 Å². The van der Waals surface area contributed by atoms with Gasteiger partial charge in [-0.3, -0.25) is 4.90 Å². The Morgan fingerprint density at radius 1 is 1.25 bits per heavy atom. The van der Waals surface area contributed by atoms with Gasteiger partial charge < -0.3 is 9.84 Å². The topological polar surface area (TPSA) is 72.0 Å². The van der Waals surface area contributed by atoms with Gasteiger partial charge in [0.2, 0.25) is 0 Å². The first kappa shape index (κ1) is 15.0. The van der Waals surface area contributed by atoms with Crippen LogP contribution in [0, 0.1) is 6.92 Å². The fourth-order valence-corrected chi connectivity index (χ4v) is 3.02. The van der Waals surface area contributed by atoms with E-state index in [2.05, 4.69) is 32.5 Å². The normalized spacial score (nSPS) is 18.8.